The van der Waals surface area contributed by atoms with E-state index in [0.29, 0.717) is 0 Å². The number of hydrogen-bond donors (Lipinski definition) is 0. The molecule has 0 N–H and O–H groups in total. The number of nitriles is 1. The lowest BCUT2D eigenvalue weighted by Crippen LogP contribution is -2.38. The minimum Gasteiger partial charge on any atom is -0.305 e. The molecule has 0 amide bonds. The second-order valence-corrected chi connectivity index (χ2v) is 3.51. The van der Waals surface area contributed by atoms with Crippen LogP contribution in [0.4, 0.5) is 0 Å². The molecule has 2 heteroatoms. The lowest BCUT2D eigenvalue weighted by molar-refractivity contribution is 0.173. The summed E-state index contributed by atoms with van der Waals surface area (Å²) in [5.41, 5.74) is -0.0764. The van der Waals surface area contributed by atoms with Gasteiger partial charge in [-0.15, -0.1) is 0 Å². The summed E-state index contributed by atoms with van der Waals surface area (Å²) in [5, 5.41) is 8.79. The van der Waals surface area contributed by atoms with Gasteiger partial charge in [0.1, 0.15) is 0 Å². The third-order valence-corrected chi connectivity index (χ3v) is 2.16. The van der Waals surface area contributed by atoms with Gasteiger partial charge in [-0.05, 0) is 33.4 Å². The van der Waals surface area contributed by atoms with E-state index in [0.717, 1.165) is 19.5 Å². The Bertz CT molecular complexity index is 160. The zero-order chi connectivity index (χ0) is 11.6. The van der Waals surface area contributed by atoms with Crippen molar-refractivity contribution in [1.29, 1.82) is 5.26 Å². The molecule has 0 saturated carbocycles. The molecule has 0 aliphatic carbocycles. The minimum absolute atomic E-state index is 0.0764. The average molecular weight is 198 g/mol. The van der Waals surface area contributed by atoms with Gasteiger partial charge in [-0.25, -0.2) is 0 Å². The number of nitrogens with zero attached hydrogens (tertiary/aromatic N) is 2. The Balaban J connectivity index is 0. The quantitative estimate of drug-likeness (QED) is 0.597. The monoisotopic (exact) mass is 198 g/mol. The molecular weight excluding hydrogens is 172 g/mol. The first-order valence-corrected chi connectivity index (χ1v) is 5.76. The Morgan fingerprint density at radius 3 is 2.00 bits per heavy atom. The summed E-state index contributed by atoms with van der Waals surface area (Å²) in [6, 6.07) is 2.37. The average Bonchev–Trinajstić information content (AvgIpc) is 2.24. The van der Waals surface area contributed by atoms with Gasteiger partial charge in [-0.1, -0.05) is 27.7 Å². The topological polar surface area (TPSA) is 27.0 Å². The molecule has 0 aromatic heterocycles. The highest BCUT2D eigenvalue weighted by Gasteiger charge is 2.28. The van der Waals surface area contributed by atoms with Gasteiger partial charge < -0.3 is 4.90 Å². The molecule has 0 aromatic carbocycles. The molecule has 0 spiro atoms. The summed E-state index contributed by atoms with van der Waals surface area (Å²) in [6.07, 6.45) is 2.23. The maximum absolute atomic E-state index is 8.79. The molecule has 0 bridgehead atoms. The normalized spacial score (nSPS) is 26.1. The minimum atomic E-state index is -0.0764. The van der Waals surface area contributed by atoms with Crippen LogP contribution in [0.25, 0.3) is 0 Å². The lowest BCUT2D eigenvalue weighted by atomic mass is 9.84. The third-order valence-electron chi connectivity index (χ3n) is 2.16. The van der Waals surface area contributed by atoms with Crippen molar-refractivity contribution in [2.45, 2.75) is 47.5 Å². The van der Waals surface area contributed by atoms with Gasteiger partial charge in [0.2, 0.25) is 0 Å². The van der Waals surface area contributed by atoms with Gasteiger partial charge in [0.15, 0.2) is 0 Å². The number of piperidine rings is 1. The molecule has 1 aliphatic heterocycles. The molecule has 1 heterocycles. The lowest BCUT2D eigenvalue weighted by Gasteiger charge is -2.33. The highest BCUT2D eigenvalue weighted by atomic mass is 15.1. The summed E-state index contributed by atoms with van der Waals surface area (Å²) in [5.74, 6) is 0. The zero-order valence-electron chi connectivity index (χ0n) is 10.7. The van der Waals surface area contributed by atoms with Crippen molar-refractivity contribution in [1.82, 2.24) is 4.90 Å². The predicted molar refractivity (Wildman–Crippen MR) is 63.1 cm³/mol. The Kier molecular flexibility index (Phi) is 10.2. The fourth-order valence-corrected chi connectivity index (χ4v) is 1.58. The molecule has 14 heavy (non-hydrogen) atoms. The number of rotatable bonds is 0. The largest absolute Gasteiger partial charge is 0.305 e. The first-order valence-electron chi connectivity index (χ1n) is 5.76. The van der Waals surface area contributed by atoms with Crippen molar-refractivity contribution < 1.29 is 0 Å². The van der Waals surface area contributed by atoms with E-state index >= 15 is 0 Å². The second-order valence-electron chi connectivity index (χ2n) is 3.51. The van der Waals surface area contributed by atoms with Crippen LogP contribution in [0.2, 0.25) is 0 Å². The summed E-state index contributed by atoms with van der Waals surface area (Å²) >= 11 is 0. The van der Waals surface area contributed by atoms with Crippen LogP contribution in [-0.2, 0) is 0 Å². The van der Waals surface area contributed by atoms with Crippen molar-refractivity contribution in [3.05, 3.63) is 0 Å². The van der Waals surface area contributed by atoms with Crippen LogP contribution in [0, 0.1) is 16.7 Å². The molecule has 1 atom stereocenters. The van der Waals surface area contributed by atoms with Crippen LogP contribution in [0.1, 0.15) is 47.5 Å². The van der Waals surface area contributed by atoms with Crippen molar-refractivity contribution >= 4 is 0 Å². The van der Waals surface area contributed by atoms with Crippen molar-refractivity contribution in [3.63, 3.8) is 0 Å². The smallest absolute Gasteiger partial charge is 0.0700 e. The maximum atomic E-state index is 8.79. The summed E-state index contributed by atoms with van der Waals surface area (Å²) in [4.78, 5) is 2.23. The van der Waals surface area contributed by atoms with Gasteiger partial charge in [0, 0.05) is 6.54 Å². The summed E-state index contributed by atoms with van der Waals surface area (Å²) in [6.45, 7) is 12.1. The van der Waals surface area contributed by atoms with Crippen LogP contribution < -0.4 is 0 Å². The molecular formula is C12H26N2. The first kappa shape index (κ1) is 15.9. The van der Waals surface area contributed by atoms with Gasteiger partial charge in [-0.2, -0.15) is 5.26 Å². The fourth-order valence-electron chi connectivity index (χ4n) is 1.58. The molecule has 1 fully saturated rings. The second kappa shape index (κ2) is 9.02. The first-order chi connectivity index (χ1) is 6.66. The van der Waals surface area contributed by atoms with E-state index in [9.17, 15) is 0 Å². The SMILES string of the molecule is CC.CC.CN1CCCC(C)(C#N)C1. The predicted octanol–water partition coefficient (Wildman–Crippen LogP) is 3.29. The van der Waals surface area contributed by atoms with E-state index < -0.39 is 0 Å². The molecule has 84 valence electrons. The van der Waals surface area contributed by atoms with Gasteiger partial charge >= 0.3 is 0 Å². The molecule has 2 nitrogen and oxygen atoms in total. The maximum Gasteiger partial charge on any atom is 0.0700 e. The van der Waals surface area contributed by atoms with Crippen LogP contribution in [0.3, 0.4) is 0 Å². The molecule has 0 radical (unpaired) electrons. The Hall–Kier alpha value is -0.550. The summed E-state index contributed by atoms with van der Waals surface area (Å²) < 4.78 is 0. The van der Waals surface area contributed by atoms with Gasteiger partial charge in [0.25, 0.3) is 0 Å². The van der Waals surface area contributed by atoms with Gasteiger partial charge in [-0.3, -0.25) is 0 Å². The van der Waals surface area contributed by atoms with E-state index in [1.54, 1.807) is 0 Å². The van der Waals surface area contributed by atoms with E-state index in [1.165, 1.54) is 6.42 Å². The fraction of sp³-hybridized carbons (Fsp3) is 0.917. The third kappa shape index (κ3) is 5.99. The van der Waals surface area contributed by atoms with E-state index in [1.807, 2.05) is 34.6 Å². The van der Waals surface area contributed by atoms with E-state index in [-0.39, 0.29) is 5.41 Å². The van der Waals surface area contributed by atoms with Crippen LogP contribution in [0.5, 0.6) is 0 Å². The molecule has 1 saturated heterocycles. The number of likely N-dealkylation sites (tertiary alicyclic amines) is 1. The number of hydrogen-bond acceptors (Lipinski definition) is 2. The zero-order valence-corrected chi connectivity index (χ0v) is 10.7. The standard InChI is InChI=1S/C8H14N2.2C2H6/c1-8(6-9)4-3-5-10(2)7-8;2*1-2/h3-5,7H2,1-2H3;2*1-2H3. The Labute approximate surface area is 89.9 Å². The van der Waals surface area contributed by atoms with Crippen LogP contribution >= 0.6 is 0 Å². The molecule has 0 aromatic rings. The van der Waals surface area contributed by atoms with Crippen LogP contribution in [0.15, 0.2) is 0 Å². The highest BCUT2D eigenvalue weighted by molar-refractivity contribution is 4.99. The Morgan fingerprint density at radius 2 is 1.71 bits per heavy atom. The van der Waals surface area contributed by atoms with E-state index in [2.05, 4.69) is 18.0 Å². The molecule has 1 aliphatic rings. The van der Waals surface area contributed by atoms with Crippen molar-refractivity contribution in [2.75, 3.05) is 20.1 Å². The van der Waals surface area contributed by atoms with Crippen molar-refractivity contribution in [3.8, 4) is 6.07 Å². The highest BCUT2D eigenvalue weighted by Crippen LogP contribution is 2.27. The van der Waals surface area contributed by atoms with Gasteiger partial charge in [0.05, 0.1) is 11.5 Å². The van der Waals surface area contributed by atoms with E-state index in [4.69, 9.17) is 5.26 Å². The molecule has 1 unspecified atom stereocenters. The van der Waals surface area contributed by atoms with Crippen LogP contribution in [-0.4, -0.2) is 25.0 Å². The molecule has 1 rings (SSSR count). The van der Waals surface area contributed by atoms with Crippen molar-refractivity contribution in [2.24, 2.45) is 5.41 Å². The summed E-state index contributed by atoms with van der Waals surface area (Å²) in [7, 11) is 2.08. The Morgan fingerprint density at radius 1 is 1.21 bits per heavy atom.